The third-order valence-corrected chi connectivity index (χ3v) is 7.69. The minimum atomic E-state index is -1.41. The third-order valence-electron chi connectivity index (χ3n) is 7.69. The van der Waals surface area contributed by atoms with Crippen LogP contribution in [-0.2, 0) is 12.8 Å². The van der Waals surface area contributed by atoms with Crippen LogP contribution in [0.2, 0.25) is 0 Å². The van der Waals surface area contributed by atoms with E-state index in [4.69, 9.17) is 9.47 Å². The molecule has 1 rings (SSSR count). The van der Waals surface area contributed by atoms with Crippen LogP contribution in [0.15, 0.2) is 6.07 Å². The highest BCUT2D eigenvalue weighted by Gasteiger charge is 2.21. The van der Waals surface area contributed by atoms with Crippen molar-refractivity contribution in [3.8, 4) is 17.2 Å². The van der Waals surface area contributed by atoms with Gasteiger partial charge in [-0.1, -0.05) is 136 Å². The van der Waals surface area contributed by atoms with E-state index in [-0.39, 0.29) is 11.5 Å². The highest BCUT2D eigenvalue weighted by Crippen LogP contribution is 2.43. The molecule has 0 aliphatic rings. The number of benzene rings is 1. The van der Waals surface area contributed by atoms with Crippen LogP contribution in [0.4, 0.5) is 4.79 Å². The first-order valence-corrected chi connectivity index (χ1v) is 16.5. The summed E-state index contributed by atoms with van der Waals surface area (Å²) < 4.78 is 11.2. The van der Waals surface area contributed by atoms with Crippen LogP contribution in [0.25, 0.3) is 0 Å². The third kappa shape index (κ3) is 16.7. The van der Waals surface area contributed by atoms with Gasteiger partial charge in [-0.05, 0) is 43.7 Å². The van der Waals surface area contributed by atoms with E-state index < -0.39 is 6.16 Å². The predicted octanol–water partition coefficient (Wildman–Crippen LogP) is 11.2. The predicted molar refractivity (Wildman–Crippen MR) is 164 cm³/mol. The molecule has 0 aromatic heterocycles. The van der Waals surface area contributed by atoms with Gasteiger partial charge < -0.3 is 19.7 Å². The summed E-state index contributed by atoms with van der Waals surface area (Å²) in [6, 6.07) is 1.75. The van der Waals surface area contributed by atoms with E-state index in [9.17, 15) is 15.0 Å². The number of hydrogen-bond acceptors (Lipinski definition) is 4. The van der Waals surface area contributed by atoms with Crippen molar-refractivity contribution in [3.63, 3.8) is 0 Å². The van der Waals surface area contributed by atoms with Crippen LogP contribution in [0.3, 0.4) is 0 Å². The average Bonchev–Trinajstić information content (AvgIpc) is 2.92. The van der Waals surface area contributed by atoms with E-state index in [0.717, 1.165) is 62.5 Å². The number of phenolic OH excluding ortho intramolecular Hbond substituents is 1. The summed E-state index contributed by atoms with van der Waals surface area (Å²) in [7, 11) is 0. The highest BCUT2D eigenvalue weighted by atomic mass is 16.7. The Bertz CT molecular complexity index is 746. The Balaban J connectivity index is 2.91. The summed E-state index contributed by atoms with van der Waals surface area (Å²) in [4.78, 5) is 11.4. The molecule has 0 saturated heterocycles. The van der Waals surface area contributed by atoms with Gasteiger partial charge in [-0.2, -0.15) is 0 Å². The van der Waals surface area contributed by atoms with E-state index in [1.54, 1.807) is 6.07 Å². The average molecular weight is 549 g/mol. The van der Waals surface area contributed by atoms with Crippen LogP contribution in [0.1, 0.15) is 167 Å². The van der Waals surface area contributed by atoms with Crippen molar-refractivity contribution in [1.82, 2.24) is 0 Å². The van der Waals surface area contributed by atoms with Crippen molar-refractivity contribution >= 4 is 6.16 Å². The summed E-state index contributed by atoms with van der Waals surface area (Å²) >= 11 is 0. The molecule has 0 radical (unpaired) electrons. The Morgan fingerprint density at radius 2 is 1.08 bits per heavy atom. The molecule has 0 amide bonds. The van der Waals surface area contributed by atoms with E-state index in [0.29, 0.717) is 12.4 Å². The van der Waals surface area contributed by atoms with Gasteiger partial charge in [0.15, 0.2) is 11.5 Å². The van der Waals surface area contributed by atoms with Crippen LogP contribution < -0.4 is 9.47 Å². The molecular weight excluding hydrogens is 488 g/mol. The zero-order chi connectivity index (χ0) is 28.6. The van der Waals surface area contributed by atoms with Crippen LogP contribution in [-0.4, -0.2) is 23.0 Å². The number of hydrogen-bond donors (Lipinski definition) is 2. The molecule has 1 aromatic carbocycles. The molecule has 5 heteroatoms. The summed E-state index contributed by atoms with van der Waals surface area (Å²) in [5.74, 6) is 0.277. The van der Waals surface area contributed by atoms with Gasteiger partial charge in [0.05, 0.1) is 6.61 Å². The van der Waals surface area contributed by atoms with Crippen LogP contribution >= 0.6 is 0 Å². The van der Waals surface area contributed by atoms with Gasteiger partial charge >= 0.3 is 6.16 Å². The smallest absolute Gasteiger partial charge is 0.502 e. The molecule has 0 aliphatic heterocycles. The first-order chi connectivity index (χ1) is 19.0. The lowest BCUT2D eigenvalue weighted by atomic mass is 9.94. The Labute approximate surface area is 240 Å². The lowest BCUT2D eigenvalue weighted by Gasteiger charge is -2.19. The van der Waals surface area contributed by atoms with Gasteiger partial charge in [-0.25, -0.2) is 4.79 Å². The van der Waals surface area contributed by atoms with Gasteiger partial charge in [0.25, 0.3) is 0 Å². The van der Waals surface area contributed by atoms with Crippen molar-refractivity contribution in [3.05, 3.63) is 17.2 Å². The largest absolute Gasteiger partial charge is 0.511 e. The topological polar surface area (TPSA) is 76.0 Å². The lowest BCUT2D eigenvalue weighted by molar-refractivity contribution is 0.142. The molecule has 0 heterocycles. The van der Waals surface area contributed by atoms with Gasteiger partial charge in [-0.15, -0.1) is 0 Å². The normalized spacial score (nSPS) is 11.2. The number of unbranched alkanes of at least 4 members (excludes halogenated alkanes) is 18. The Morgan fingerprint density at radius 1 is 0.641 bits per heavy atom. The molecule has 1 aromatic rings. The summed E-state index contributed by atoms with van der Waals surface area (Å²) in [5, 5.41) is 20.3. The molecule has 0 atom stereocenters. The molecule has 0 bridgehead atoms. The first kappa shape index (κ1) is 35.1. The maximum Gasteiger partial charge on any atom is 0.511 e. The van der Waals surface area contributed by atoms with Gasteiger partial charge in [0.1, 0.15) is 0 Å². The first-order valence-electron chi connectivity index (χ1n) is 16.5. The Hall–Kier alpha value is -1.91. The van der Waals surface area contributed by atoms with Crippen molar-refractivity contribution in [2.45, 2.75) is 168 Å². The maximum absolute atomic E-state index is 11.4. The van der Waals surface area contributed by atoms with Crippen molar-refractivity contribution < 1.29 is 24.5 Å². The van der Waals surface area contributed by atoms with E-state index in [1.165, 1.54) is 96.3 Å². The van der Waals surface area contributed by atoms with Crippen molar-refractivity contribution in [2.24, 2.45) is 0 Å². The van der Waals surface area contributed by atoms with E-state index >= 15 is 0 Å². The molecule has 0 fully saturated rings. The molecule has 0 aliphatic carbocycles. The Morgan fingerprint density at radius 3 is 1.56 bits per heavy atom. The summed E-state index contributed by atoms with van der Waals surface area (Å²) in [6.45, 7) is 7.22. The molecule has 0 saturated carbocycles. The molecule has 226 valence electrons. The monoisotopic (exact) mass is 548 g/mol. The number of rotatable bonds is 26. The second-order valence-electron chi connectivity index (χ2n) is 11.3. The van der Waals surface area contributed by atoms with Crippen LogP contribution in [0, 0.1) is 0 Å². The number of phenols is 1. The summed E-state index contributed by atoms with van der Waals surface area (Å²) in [6.07, 6.45) is 25.8. The number of aryl methyl sites for hydroxylation is 1. The van der Waals surface area contributed by atoms with Crippen molar-refractivity contribution in [1.29, 1.82) is 0 Å². The SMILES string of the molecule is CCCCCCCCCCc1cc(OC(=O)O)c(O)c(OCCCCCCC)c1CCCCCCCCCC. The molecule has 39 heavy (non-hydrogen) atoms. The van der Waals surface area contributed by atoms with E-state index in [2.05, 4.69) is 20.8 Å². The van der Waals surface area contributed by atoms with Crippen LogP contribution in [0.5, 0.6) is 17.2 Å². The second-order valence-corrected chi connectivity index (χ2v) is 11.3. The molecule has 0 unspecified atom stereocenters. The molecule has 5 nitrogen and oxygen atoms in total. The number of ether oxygens (including phenoxy) is 2. The van der Waals surface area contributed by atoms with Crippen molar-refractivity contribution in [2.75, 3.05) is 6.61 Å². The minimum Gasteiger partial charge on any atom is -0.502 e. The maximum atomic E-state index is 11.4. The standard InChI is InChI=1S/C34H60O5/c1-4-7-10-13-15-17-19-22-25-29-28-31(39-34(36)37)32(35)33(38-27-24-21-12-9-6-3)30(29)26-23-20-18-16-14-11-8-5-2/h28,35H,4-27H2,1-3H3,(H,36,37). The lowest BCUT2D eigenvalue weighted by Crippen LogP contribution is -2.08. The van der Waals surface area contributed by atoms with Gasteiger partial charge in [0, 0.05) is 5.56 Å². The minimum absolute atomic E-state index is 0.00211. The molecule has 0 spiro atoms. The quantitative estimate of drug-likeness (QED) is 0.0684. The molecule has 2 N–H and O–H groups in total. The molecular formula is C34H60O5. The summed E-state index contributed by atoms with van der Waals surface area (Å²) in [5.41, 5.74) is 2.12. The zero-order valence-corrected chi connectivity index (χ0v) is 25.7. The highest BCUT2D eigenvalue weighted by molar-refractivity contribution is 5.67. The fourth-order valence-electron chi connectivity index (χ4n) is 5.30. The fraction of sp³-hybridized carbons (Fsp3) is 0.794. The zero-order valence-electron chi connectivity index (χ0n) is 25.7. The number of carbonyl (C=O) groups is 1. The van der Waals surface area contributed by atoms with Gasteiger partial charge in [0.2, 0.25) is 5.75 Å². The second kappa shape index (κ2) is 23.9. The Kier molecular flexibility index (Phi) is 21.6. The van der Waals surface area contributed by atoms with E-state index in [1.807, 2.05) is 0 Å². The van der Waals surface area contributed by atoms with Gasteiger partial charge in [-0.3, -0.25) is 0 Å². The fourth-order valence-corrected chi connectivity index (χ4v) is 5.30. The number of aromatic hydroxyl groups is 1. The number of carboxylic acid groups (broad SMARTS) is 1.